The first-order valence-corrected chi connectivity index (χ1v) is 13.5. The van der Waals surface area contributed by atoms with Gasteiger partial charge in [0.15, 0.2) is 17.6 Å². The number of carboxylic acids is 1. The van der Waals surface area contributed by atoms with E-state index in [1.807, 2.05) is 0 Å². The van der Waals surface area contributed by atoms with Gasteiger partial charge in [-0.3, -0.25) is 4.79 Å². The second-order valence-electron chi connectivity index (χ2n) is 9.68. The van der Waals surface area contributed by atoms with Crippen LogP contribution in [-0.4, -0.2) is 76.6 Å². The van der Waals surface area contributed by atoms with Crippen LogP contribution in [0.25, 0.3) is 0 Å². The molecule has 0 saturated heterocycles. The molecule has 1 aliphatic heterocycles. The molecule has 0 bridgehead atoms. The van der Waals surface area contributed by atoms with Gasteiger partial charge in [-0.1, -0.05) is 0 Å². The van der Waals surface area contributed by atoms with Crippen molar-refractivity contribution >= 4 is 29.6 Å². The number of rotatable bonds is 8. The molecule has 0 spiro atoms. The Morgan fingerprint density at radius 3 is 2.21 bits per heavy atom. The zero-order chi connectivity index (χ0) is 31.7. The van der Waals surface area contributed by atoms with E-state index in [1.165, 1.54) is 13.0 Å². The third-order valence-corrected chi connectivity index (χ3v) is 7.84. The molecule has 1 heterocycles. The van der Waals surface area contributed by atoms with Crippen molar-refractivity contribution in [2.24, 2.45) is 0 Å². The van der Waals surface area contributed by atoms with E-state index in [0.29, 0.717) is 11.8 Å². The van der Waals surface area contributed by atoms with Gasteiger partial charge in [-0.15, -0.1) is 11.8 Å². The normalized spacial score (nSPS) is 16.4. The average Bonchev–Trinajstić information content (AvgIpc) is 2.92. The minimum absolute atomic E-state index is 0.0508. The quantitative estimate of drug-likeness (QED) is 0.100. The van der Waals surface area contributed by atoms with E-state index in [1.54, 1.807) is 0 Å². The number of thioether (sulfide) groups is 1. The molecular weight excluding hydrogens is 590 g/mol. The summed E-state index contributed by atoms with van der Waals surface area (Å²) >= 11 is 0.677. The maximum Gasteiger partial charge on any atom is 0.338 e. The van der Waals surface area contributed by atoms with Crippen LogP contribution in [0.15, 0.2) is 35.2 Å². The van der Waals surface area contributed by atoms with E-state index in [9.17, 15) is 55.2 Å². The number of phenols is 7. The Morgan fingerprint density at radius 1 is 0.953 bits per heavy atom. The van der Waals surface area contributed by atoms with Crippen molar-refractivity contribution in [2.45, 2.75) is 43.4 Å². The average molecular weight is 618 g/mol. The van der Waals surface area contributed by atoms with Crippen molar-refractivity contribution < 1.29 is 64.7 Å². The summed E-state index contributed by atoms with van der Waals surface area (Å²) in [5, 5.41) is 83.8. The highest BCUT2D eigenvalue weighted by atomic mass is 32.2. The highest BCUT2D eigenvalue weighted by Gasteiger charge is 2.39. The number of carbonyl (C=O) groups excluding carboxylic acids is 2. The summed E-state index contributed by atoms with van der Waals surface area (Å²) in [7, 11) is 0. The Bertz CT molecular complexity index is 1600. The van der Waals surface area contributed by atoms with E-state index in [-0.39, 0.29) is 62.3 Å². The van der Waals surface area contributed by atoms with Crippen molar-refractivity contribution in [1.29, 1.82) is 0 Å². The Morgan fingerprint density at radius 2 is 1.60 bits per heavy atom. The van der Waals surface area contributed by atoms with E-state index < -0.39 is 59.1 Å². The first-order chi connectivity index (χ1) is 20.2. The monoisotopic (exact) mass is 617 g/mol. The van der Waals surface area contributed by atoms with Gasteiger partial charge in [0.05, 0.1) is 10.5 Å². The summed E-state index contributed by atoms with van der Waals surface area (Å²) in [5.41, 5.74) is -0.0967. The first-order valence-electron chi connectivity index (χ1n) is 12.5. The molecule has 1 unspecified atom stereocenters. The molecule has 228 valence electrons. The van der Waals surface area contributed by atoms with Crippen molar-refractivity contribution in [3.8, 4) is 46.0 Å². The molecule has 3 aromatic carbocycles. The molecule has 3 atom stereocenters. The number of aliphatic carboxylic acids is 1. The number of amides is 1. The van der Waals surface area contributed by atoms with Gasteiger partial charge in [0.25, 0.3) is 0 Å². The number of fused-ring (bicyclic) bond motifs is 1. The molecule has 0 aliphatic carbocycles. The number of benzene rings is 3. The Kier molecular flexibility index (Phi) is 8.57. The molecule has 0 saturated carbocycles. The maximum absolute atomic E-state index is 13.2. The SMILES string of the molecule is CC(=O)NC(CSc1c([C@H]2Oc3cc(O)cc(O)c3C[C@H]2OC(=O)c2cc(O)c(C)c(O)c2)cc(O)c(O)c1O)C(=O)O. The van der Waals surface area contributed by atoms with Gasteiger partial charge in [0.1, 0.15) is 40.9 Å². The van der Waals surface area contributed by atoms with Gasteiger partial charge in [-0.05, 0) is 25.1 Å². The van der Waals surface area contributed by atoms with Crippen LogP contribution in [-0.2, 0) is 20.7 Å². The van der Waals surface area contributed by atoms with Crippen LogP contribution in [0.5, 0.6) is 46.0 Å². The summed E-state index contributed by atoms with van der Waals surface area (Å²) < 4.78 is 11.7. The third-order valence-electron chi connectivity index (χ3n) is 6.63. The third kappa shape index (κ3) is 6.35. The predicted octanol–water partition coefficient (Wildman–Crippen LogP) is 2.52. The van der Waals surface area contributed by atoms with E-state index in [2.05, 4.69) is 5.32 Å². The molecule has 1 amide bonds. The molecular formula is C28H27NO13S. The number of esters is 1. The fraction of sp³-hybridized carbons (Fsp3) is 0.250. The summed E-state index contributed by atoms with van der Waals surface area (Å²) in [4.78, 5) is 36.2. The zero-order valence-corrected chi connectivity index (χ0v) is 23.4. The number of nitrogens with one attached hydrogen (secondary N) is 1. The summed E-state index contributed by atoms with van der Waals surface area (Å²) in [5.74, 6) is -7.64. The van der Waals surface area contributed by atoms with E-state index >= 15 is 0 Å². The molecule has 0 radical (unpaired) electrons. The Hall–Kier alpha value is -5.18. The molecule has 14 nitrogen and oxygen atoms in total. The minimum atomic E-state index is -1.43. The van der Waals surface area contributed by atoms with E-state index in [4.69, 9.17) is 9.47 Å². The van der Waals surface area contributed by atoms with Gasteiger partial charge in [0, 0.05) is 47.9 Å². The van der Waals surface area contributed by atoms with Crippen molar-refractivity contribution in [1.82, 2.24) is 5.32 Å². The summed E-state index contributed by atoms with van der Waals surface area (Å²) in [6.07, 6.45) is -2.98. The number of phenolic OH excluding ortho intramolecular Hbond substituents is 7. The topological polar surface area (TPSA) is 244 Å². The van der Waals surface area contributed by atoms with Gasteiger partial charge in [-0.25, -0.2) is 9.59 Å². The highest BCUT2D eigenvalue weighted by molar-refractivity contribution is 7.99. The van der Waals surface area contributed by atoms with Crippen LogP contribution in [0, 0.1) is 6.92 Å². The molecule has 4 rings (SSSR count). The van der Waals surface area contributed by atoms with Crippen molar-refractivity contribution in [3.05, 3.63) is 52.6 Å². The maximum atomic E-state index is 13.2. The molecule has 43 heavy (non-hydrogen) atoms. The molecule has 0 aromatic heterocycles. The van der Waals surface area contributed by atoms with Gasteiger partial charge >= 0.3 is 11.9 Å². The minimum Gasteiger partial charge on any atom is -0.508 e. The number of carboxylic acid groups (broad SMARTS) is 1. The van der Waals surface area contributed by atoms with Crippen LogP contribution >= 0.6 is 11.8 Å². The van der Waals surface area contributed by atoms with Crippen molar-refractivity contribution in [2.75, 3.05) is 5.75 Å². The Labute approximate surface area is 247 Å². The summed E-state index contributed by atoms with van der Waals surface area (Å²) in [6.45, 7) is 2.53. The lowest BCUT2D eigenvalue weighted by Gasteiger charge is -2.35. The number of hydrogen-bond acceptors (Lipinski definition) is 13. The second-order valence-corrected chi connectivity index (χ2v) is 10.7. The molecule has 15 heteroatoms. The largest absolute Gasteiger partial charge is 0.508 e. The fourth-order valence-corrected chi connectivity index (χ4v) is 5.55. The summed E-state index contributed by atoms with van der Waals surface area (Å²) in [6, 6.07) is 3.89. The first kappa shape index (κ1) is 30.8. The van der Waals surface area contributed by atoms with Gasteiger partial charge in [0.2, 0.25) is 11.7 Å². The fourth-order valence-electron chi connectivity index (χ4n) is 4.42. The lowest BCUT2D eigenvalue weighted by molar-refractivity contribution is -0.140. The number of aromatic hydroxyl groups is 7. The second kappa shape index (κ2) is 12.0. The lowest BCUT2D eigenvalue weighted by Crippen LogP contribution is -2.41. The van der Waals surface area contributed by atoms with Crippen LogP contribution < -0.4 is 10.1 Å². The zero-order valence-electron chi connectivity index (χ0n) is 22.6. The Balaban J connectivity index is 1.80. The van der Waals surface area contributed by atoms with Gasteiger partial charge in [-0.2, -0.15) is 0 Å². The van der Waals surface area contributed by atoms with Crippen LogP contribution in [0.4, 0.5) is 0 Å². The molecule has 1 aliphatic rings. The van der Waals surface area contributed by atoms with Crippen LogP contribution in [0.2, 0.25) is 0 Å². The molecule has 0 fully saturated rings. The van der Waals surface area contributed by atoms with Gasteiger partial charge < -0.3 is 55.6 Å². The predicted molar refractivity (Wildman–Crippen MR) is 148 cm³/mol. The van der Waals surface area contributed by atoms with Crippen LogP contribution in [0.1, 0.15) is 40.1 Å². The number of hydrogen-bond donors (Lipinski definition) is 9. The lowest BCUT2D eigenvalue weighted by atomic mass is 9.93. The highest BCUT2D eigenvalue weighted by Crippen LogP contribution is 2.50. The van der Waals surface area contributed by atoms with Crippen LogP contribution in [0.3, 0.4) is 0 Å². The van der Waals surface area contributed by atoms with E-state index in [0.717, 1.165) is 31.2 Å². The smallest absolute Gasteiger partial charge is 0.338 e. The number of ether oxygens (including phenoxy) is 2. The number of carbonyl (C=O) groups is 3. The standard InChI is InChI=1S/C28H27NO13S/c1-10-17(32)3-12(4-18(10)33)28(40)42-22-8-14-19(34)5-13(31)6-21(14)41-25(22)15-7-20(35)23(36)24(37)26(15)43-9-16(27(38)39)29-11(2)30/h3-7,16,22,25,31-37H,8-9H2,1-2H3,(H,29,30)(H,38,39)/t16?,22-,25-/m1/s1. The molecule has 9 N–H and O–H groups in total. The van der Waals surface area contributed by atoms with Crippen molar-refractivity contribution in [3.63, 3.8) is 0 Å². The molecule has 3 aromatic rings.